The molecular formula is C22H25ClN2O3. The summed E-state index contributed by atoms with van der Waals surface area (Å²) in [5.74, 6) is 1.07. The minimum absolute atomic E-state index is 0.295. The molecule has 5 nitrogen and oxygen atoms in total. The highest BCUT2D eigenvalue weighted by Crippen LogP contribution is 2.34. The lowest BCUT2D eigenvalue weighted by Crippen LogP contribution is -2.39. The van der Waals surface area contributed by atoms with Crippen molar-refractivity contribution in [1.82, 2.24) is 9.88 Å². The van der Waals surface area contributed by atoms with E-state index in [-0.39, 0.29) is 6.09 Å². The van der Waals surface area contributed by atoms with Crippen LogP contribution in [0.3, 0.4) is 0 Å². The lowest BCUT2D eigenvalue weighted by molar-refractivity contribution is 0.0270. The highest BCUT2D eigenvalue weighted by Gasteiger charge is 2.25. The Bertz CT molecular complexity index is 903. The molecule has 1 amide bonds. The van der Waals surface area contributed by atoms with Crippen LogP contribution in [0.15, 0.2) is 42.6 Å². The number of halogens is 1. The van der Waals surface area contributed by atoms with Crippen molar-refractivity contribution in [2.24, 2.45) is 0 Å². The van der Waals surface area contributed by atoms with Gasteiger partial charge < -0.3 is 14.4 Å². The van der Waals surface area contributed by atoms with E-state index in [2.05, 4.69) is 4.98 Å². The first-order valence-electron chi connectivity index (χ1n) is 9.29. The molecule has 0 N–H and O–H groups in total. The summed E-state index contributed by atoms with van der Waals surface area (Å²) in [4.78, 5) is 18.3. The van der Waals surface area contributed by atoms with E-state index in [1.54, 1.807) is 11.1 Å². The van der Waals surface area contributed by atoms with Crippen LogP contribution in [-0.2, 0) is 4.74 Å². The predicted molar refractivity (Wildman–Crippen MR) is 111 cm³/mol. The standard InChI is InChI=1S/C22H25ClN2O3/c1-15-7-8-19(18(23)14-15)27-20-17(6-5-11-24-20)16-9-12-25(13-10-16)21(26)28-22(2,3)4/h5-9,11,14H,10,12-13H2,1-4H3. The van der Waals surface area contributed by atoms with E-state index >= 15 is 0 Å². The van der Waals surface area contributed by atoms with E-state index in [9.17, 15) is 4.79 Å². The van der Waals surface area contributed by atoms with Gasteiger partial charge in [0.15, 0.2) is 0 Å². The quantitative estimate of drug-likeness (QED) is 0.647. The second-order valence-electron chi connectivity index (χ2n) is 7.80. The molecule has 0 saturated carbocycles. The van der Waals surface area contributed by atoms with E-state index in [4.69, 9.17) is 21.1 Å². The molecule has 6 heteroatoms. The van der Waals surface area contributed by atoms with Crippen molar-refractivity contribution in [1.29, 1.82) is 0 Å². The summed E-state index contributed by atoms with van der Waals surface area (Å²) < 4.78 is 11.4. The lowest BCUT2D eigenvalue weighted by Gasteiger charge is -2.29. The van der Waals surface area contributed by atoms with Gasteiger partial charge in [-0.25, -0.2) is 9.78 Å². The minimum atomic E-state index is -0.501. The molecule has 1 aliphatic rings. The van der Waals surface area contributed by atoms with Crippen LogP contribution in [-0.4, -0.2) is 34.7 Å². The van der Waals surface area contributed by atoms with Gasteiger partial charge in [0.25, 0.3) is 0 Å². The van der Waals surface area contributed by atoms with Gasteiger partial charge in [-0.2, -0.15) is 0 Å². The average Bonchev–Trinajstić information content (AvgIpc) is 2.63. The molecule has 28 heavy (non-hydrogen) atoms. The summed E-state index contributed by atoms with van der Waals surface area (Å²) >= 11 is 6.30. The Hall–Kier alpha value is -2.53. The fraction of sp³-hybridized carbons (Fsp3) is 0.364. The number of hydrogen-bond acceptors (Lipinski definition) is 4. The summed E-state index contributed by atoms with van der Waals surface area (Å²) in [5.41, 5.74) is 2.56. The van der Waals surface area contributed by atoms with Crippen molar-refractivity contribution in [2.75, 3.05) is 13.1 Å². The number of carbonyl (C=O) groups excluding carboxylic acids is 1. The van der Waals surface area contributed by atoms with E-state index in [1.807, 2.05) is 64.1 Å². The Morgan fingerprint density at radius 1 is 1.25 bits per heavy atom. The topological polar surface area (TPSA) is 51.7 Å². The number of ether oxygens (including phenoxy) is 2. The molecular weight excluding hydrogens is 376 g/mol. The summed E-state index contributed by atoms with van der Waals surface area (Å²) in [6.45, 7) is 8.65. The Balaban J connectivity index is 1.77. The minimum Gasteiger partial charge on any atom is -0.444 e. The number of aryl methyl sites for hydroxylation is 1. The normalized spacial score (nSPS) is 14.5. The number of pyridine rings is 1. The van der Waals surface area contributed by atoms with E-state index < -0.39 is 5.60 Å². The van der Waals surface area contributed by atoms with Gasteiger partial charge in [0.2, 0.25) is 5.88 Å². The van der Waals surface area contributed by atoms with Crippen LogP contribution in [0.1, 0.15) is 38.3 Å². The molecule has 0 bridgehead atoms. The van der Waals surface area contributed by atoms with Gasteiger partial charge in [-0.05, 0) is 69.5 Å². The highest BCUT2D eigenvalue weighted by atomic mass is 35.5. The molecule has 0 aliphatic carbocycles. The zero-order valence-electron chi connectivity index (χ0n) is 16.7. The van der Waals surface area contributed by atoms with Crippen LogP contribution in [0.4, 0.5) is 4.79 Å². The molecule has 1 aromatic carbocycles. The van der Waals surface area contributed by atoms with Crippen molar-refractivity contribution < 1.29 is 14.3 Å². The smallest absolute Gasteiger partial charge is 0.410 e. The number of nitrogens with zero attached hydrogens (tertiary/aromatic N) is 2. The summed E-state index contributed by atoms with van der Waals surface area (Å²) in [7, 11) is 0. The zero-order valence-corrected chi connectivity index (χ0v) is 17.4. The average molecular weight is 401 g/mol. The number of aromatic nitrogens is 1. The maximum Gasteiger partial charge on any atom is 0.410 e. The van der Waals surface area contributed by atoms with Gasteiger partial charge in [-0.3, -0.25) is 0 Å². The van der Waals surface area contributed by atoms with Crippen molar-refractivity contribution in [3.8, 4) is 11.6 Å². The summed E-state index contributed by atoms with van der Waals surface area (Å²) in [5, 5.41) is 0.547. The fourth-order valence-electron chi connectivity index (χ4n) is 2.92. The van der Waals surface area contributed by atoms with Crippen LogP contribution < -0.4 is 4.74 Å². The number of rotatable bonds is 3. The number of benzene rings is 1. The monoisotopic (exact) mass is 400 g/mol. The number of amides is 1. The van der Waals surface area contributed by atoms with Gasteiger partial charge in [-0.1, -0.05) is 23.7 Å². The van der Waals surface area contributed by atoms with Gasteiger partial charge in [0, 0.05) is 24.8 Å². The first-order chi connectivity index (χ1) is 13.2. The molecule has 1 aliphatic heterocycles. The van der Waals surface area contributed by atoms with Crippen LogP contribution >= 0.6 is 11.6 Å². The third-order valence-corrected chi connectivity index (χ3v) is 4.57. The molecule has 0 saturated heterocycles. The second kappa shape index (κ2) is 8.23. The number of hydrogen-bond donors (Lipinski definition) is 0. The van der Waals surface area contributed by atoms with Crippen LogP contribution in [0.5, 0.6) is 11.6 Å². The third kappa shape index (κ3) is 5.04. The van der Waals surface area contributed by atoms with Crippen LogP contribution in [0, 0.1) is 6.92 Å². The van der Waals surface area contributed by atoms with Gasteiger partial charge >= 0.3 is 6.09 Å². The maximum absolute atomic E-state index is 12.3. The molecule has 0 atom stereocenters. The van der Waals surface area contributed by atoms with Gasteiger partial charge in [-0.15, -0.1) is 0 Å². The van der Waals surface area contributed by atoms with Crippen molar-refractivity contribution >= 4 is 23.3 Å². The Kier molecular flexibility index (Phi) is 5.94. The third-order valence-electron chi connectivity index (χ3n) is 4.27. The second-order valence-corrected chi connectivity index (χ2v) is 8.20. The largest absolute Gasteiger partial charge is 0.444 e. The Labute approximate surface area is 170 Å². The van der Waals surface area contributed by atoms with Crippen molar-refractivity contribution in [3.63, 3.8) is 0 Å². The van der Waals surface area contributed by atoms with Crippen molar-refractivity contribution in [3.05, 3.63) is 58.8 Å². The fourth-order valence-corrected chi connectivity index (χ4v) is 3.19. The first-order valence-corrected chi connectivity index (χ1v) is 9.67. The Morgan fingerprint density at radius 3 is 2.68 bits per heavy atom. The summed E-state index contributed by atoms with van der Waals surface area (Å²) in [6, 6.07) is 9.50. The van der Waals surface area contributed by atoms with Crippen LogP contribution in [0.2, 0.25) is 5.02 Å². The molecule has 0 fully saturated rings. The molecule has 148 valence electrons. The molecule has 1 aromatic heterocycles. The maximum atomic E-state index is 12.3. The Morgan fingerprint density at radius 2 is 2.04 bits per heavy atom. The first kappa shape index (κ1) is 20.2. The molecule has 3 rings (SSSR count). The van der Waals surface area contributed by atoms with Gasteiger partial charge in [0.1, 0.15) is 11.4 Å². The molecule has 0 unspecified atom stereocenters. The molecule has 2 heterocycles. The highest BCUT2D eigenvalue weighted by molar-refractivity contribution is 6.32. The van der Waals surface area contributed by atoms with E-state index in [1.165, 1.54) is 0 Å². The summed E-state index contributed by atoms with van der Waals surface area (Å²) in [6.07, 6.45) is 4.12. The van der Waals surface area contributed by atoms with Crippen LogP contribution in [0.25, 0.3) is 5.57 Å². The van der Waals surface area contributed by atoms with E-state index in [0.29, 0.717) is 36.2 Å². The molecule has 2 aromatic rings. The molecule has 0 radical (unpaired) electrons. The zero-order chi connectivity index (χ0) is 20.3. The predicted octanol–water partition coefficient (Wildman–Crippen LogP) is 5.86. The lowest BCUT2D eigenvalue weighted by atomic mass is 10.0. The van der Waals surface area contributed by atoms with E-state index in [0.717, 1.165) is 16.7 Å². The SMILES string of the molecule is Cc1ccc(Oc2ncccc2C2=CCN(C(=O)OC(C)(C)C)CC2)c(Cl)c1. The molecule has 0 spiro atoms. The number of carbonyl (C=O) groups is 1. The van der Waals surface area contributed by atoms with Gasteiger partial charge in [0.05, 0.1) is 5.02 Å². The van der Waals surface area contributed by atoms with Crippen molar-refractivity contribution in [2.45, 2.75) is 39.7 Å².